The number of nitrogens with one attached hydrogen (secondary N) is 1. The number of benzene rings is 2. The number of rotatable bonds is 3. The summed E-state index contributed by atoms with van der Waals surface area (Å²) in [6, 6.07) is 14.1. The third-order valence-corrected chi connectivity index (χ3v) is 3.95. The molecule has 2 rings (SSSR count). The van der Waals surface area contributed by atoms with Crippen molar-refractivity contribution >= 4 is 15.7 Å². The largest absolute Gasteiger partial charge is 0.280 e. The Labute approximate surface area is 108 Å². The van der Waals surface area contributed by atoms with Crippen LogP contribution in [0.15, 0.2) is 53.4 Å². The molecule has 0 saturated carbocycles. The van der Waals surface area contributed by atoms with E-state index in [0.29, 0.717) is 5.69 Å². The van der Waals surface area contributed by atoms with Gasteiger partial charge < -0.3 is 0 Å². The first kappa shape index (κ1) is 12.6. The van der Waals surface area contributed by atoms with Crippen LogP contribution in [0.3, 0.4) is 0 Å². The van der Waals surface area contributed by atoms with Gasteiger partial charge in [0.15, 0.2) is 0 Å². The second-order valence-corrected chi connectivity index (χ2v) is 5.97. The summed E-state index contributed by atoms with van der Waals surface area (Å²) >= 11 is 0. The van der Waals surface area contributed by atoms with Gasteiger partial charge in [0.05, 0.1) is 4.90 Å². The molecule has 0 heterocycles. The van der Waals surface area contributed by atoms with Crippen LogP contribution in [0.4, 0.5) is 5.69 Å². The molecule has 0 bridgehead atoms. The average molecular weight is 261 g/mol. The SMILES string of the molecule is Cc1cccc(NS(=O)(=O)c2cccc(C)c2)c1. The van der Waals surface area contributed by atoms with Crippen molar-refractivity contribution in [2.24, 2.45) is 0 Å². The maximum Gasteiger partial charge on any atom is 0.261 e. The van der Waals surface area contributed by atoms with Crippen molar-refractivity contribution in [3.63, 3.8) is 0 Å². The van der Waals surface area contributed by atoms with Crippen molar-refractivity contribution in [1.82, 2.24) is 0 Å². The van der Waals surface area contributed by atoms with Crippen molar-refractivity contribution in [2.75, 3.05) is 4.72 Å². The molecule has 94 valence electrons. The Kier molecular flexibility index (Phi) is 3.39. The smallest absolute Gasteiger partial charge is 0.261 e. The van der Waals surface area contributed by atoms with Gasteiger partial charge in [0.2, 0.25) is 0 Å². The number of hydrogen-bond acceptors (Lipinski definition) is 2. The van der Waals surface area contributed by atoms with Crippen LogP contribution in [0.25, 0.3) is 0 Å². The maximum absolute atomic E-state index is 12.2. The number of aryl methyl sites for hydroxylation is 2. The van der Waals surface area contributed by atoms with Crippen LogP contribution in [-0.4, -0.2) is 8.42 Å². The summed E-state index contributed by atoms with van der Waals surface area (Å²) in [5.74, 6) is 0. The summed E-state index contributed by atoms with van der Waals surface area (Å²) in [5.41, 5.74) is 2.51. The molecule has 0 spiro atoms. The Morgan fingerprint density at radius 1 is 0.889 bits per heavy atom. The first-order valence-electron chi connectivity index (χ1n) is 5.63. The number of anilines is 1. The van der Waals surface area contributed by atoms with Gasteiger partial charge in [0.1, 0.15) is 0 Å². The van der Waals surface area contributed by atoms with E-state index in [-0.39, 0.29) is 4.90 Å². The molecule has 0 aliphatic heterocycles. The number of sulfonamides is 1. The van der Waals surface area contributed by atoms with Gasteiger partial charge >= 0.3 is 0 Å². The highest BCUT2D eigenvalue weighted by Gasteiger charge is 2.13. The third-order valence-electron chi connectivity index (χ3n) is 2.57. The molecule has 2 aromatic rings. The van der Waals surface area contributed by atoms with Gasteiger partial charge in [0.25, 0.3) is 10.0 Å². The maximum atomic E-state index is 12.2. The van der Waals surface area contributed by atoms with E-state index < -0.39 is 10.0 Å². The van der Waals surface area contributed by atoms with Crippen LogP contribution >= 0.6 is 0 Å². The molecule has 0 aromatic heterocycles. The molecule has 18 heavy (non-hydrogen) atoms. The van der Waals surface area contributed by atoms with Gasteiger partial charge in [-0.2, -0.15) is 0 Å². The van der Waals surface area contributed by atoms with Crippen molar-refractivity contribution in [1.29, 1.82) is 0 Å². The molecule has 0 aliphatic rings. The predicted octanol–water partition coefficient (Wildman–Crippen LogP) is 3.10. The number of hydrogen-bond donors (Lipinski definition) is 1. The molecule has 0 atom stereocenters. The van der Waals surface area contributed by atoms with Crippen molar-refractivity contribution in [3.05, 3.63) is 59.7 Å². The molecule has 0 radical (unpaired) electrons. The molecule has 1 N–H and O–H groups in total. The highest BCUT2D eigenvalue weighted by atomic mass is 32.2. The van der Waals surface area contributed by atoms with E-state index in [1.165, 1.54) is 0 Å². The van der Waals surface area contributed by atoms with Gasteiger partial charge in [-0.1, -0.05) is 24.3 Å². The molecule has 4 heteroatoms. The fraction of sp³-hybridized carbons (Fsp3) is 0.143. The van der Waals surface area contributed by atoms with E-state index in [2.05, 4.69) is 4.72 Å². The van der Waals surface area contributed by atoms with Crippen LogP contribution in [-0.2, 0) is 10.0 Å². The van der Waals surface area contributed by atoms with Crippen LogP contribution in [0.1, 0.15) is 11.1 Å². The van der Waals surface area contributed by atoms with Gasteiger partial charge in [-0.3, -0.25) is 4.72 Å². The first-order chi connectivity index (χ1) is 8.47. The van der Waals surface area contributed by atoms with Crippen LogP contribution < -0.4 is 4.72 Å². The quantitative estimate of drug-likeness (QED) is 0.922. The summed E-state index contributed by atoms with van der Waals surface area (Å²) in [7, 11) is -3.50. The van der Waals surface area contributed by atoms with E-state index in [1.807, 2.05) is 32.0 Å². The highest BCUT2D eigenvalue weighted by molar-refractivity contribution is 7.92. The second-order valence-electron chi connectivity index (χ2n) is 4.29. The standard InChI is InChI=1S/C14H15NO2S/c1-11-5-3-7-13(9-11)15-18(16,17)14-8-4-6-12(2)10-14/h3-10,15H,1-2H3. The van der Waals surface area contributed by atoms with E-state index >= 15 is 0 Å². The van der Waals surface area contributed by atoms with Gasteiger partial charge in [-0.25, -0.2) is 8.42 Å². The average Bonchev–Trinajstić information content (AvgIpc) is 2.28. The zero-order valence-corrected chi connectivity index (χ0v) is 11.2. The molecule has 0 fully saturated rings. The molecule has 0 unspecified atom stereocenters. The second kappa shape index (κ2) is 4.82. The molecular formula is C14H15NO2S. The lowest BCUT2D eigenvalue weighted by molar-refractivity contribution is 0.601. The van der Waals surface area contributed by atoms with Crippen LogP contribution in [0, 0.1) is 13.8 Å². The Bertz CT molecular complexity index is 663. The first-order valence-corrected chi connectivity index (χ1v) is 7.12. The van der Waals surface area contributed by atoms with E-state index in [0.717, 1.165) is 11.1 Å². The lowest BCUT2D eigenvalue weighted by atomic mass is 10.2. The fourth-order valence-corrected chi connectivity index (χ4v) is 2.86. The predicted molar refractivity (Wildman–Crippen MR) is 73.2 cm³/mol. The highest BCUT2D eigenvalue weighted by Crippen LogP contribution is 2.17. The van der Waals surface area contributed by atoms with Crippen molar-refractivity contribution < 1.29 is 8.42 Å². The van der Waals surface area contributed by atoms with E-state index in [4.69, 9.17) is 0 Å². The van der Waals surface area contributed by atoms with Crippen LogP contribution in [0.2, 0.25) is 0 Å². The third kappa shape index (κ3) is 2.90. The topological polar surface area (TPSA) is 46.2 Å². The minimum atomic E-state index is -3.50. The van der Waals surface area contributed by atoms with E-state index in [9.17, 15) is 8.42 Å². The monoisotopic (exact) mass is 261 g/mol. The summed E-state index contributed by atoms with van der Waals surface area (Å²) in [4.78, 5) is 0.281. The lowest BCUT2D eigenvalue weighted by Crippen LogP contribution is -2.13. The summed E-state index contributed by atoms with van der Waals surface area (Å²) in [6.45, 7) is 3.79. The molecule has 3 nitrogen and oxygen atoms in total. The minimum absolute atomic E-state index is 0.281. The Morgan fingerprint density at radius 2 is 1.50 bits per heavy atom. The zero-order chi connectivity index (χ0) is 13.2. The Morgan fingerprint density at radius 3 is 2.11 bits per heavy atom. The summed E-state index contributed by atoms with van der Waals surface area (Å²) < 4.78 is 26.9. The molecule has 2 aromatic carbocycles. The molecular weight excluding hydrogens is 246 g/mol. The van der Waals surface area contributed by atoms with Gasteiger partial charge in [-0.05, 0) is 49.2 Å². The molecule has 0 saturated heterocycles. The van der Waals surface area contributed by atoms with Crippen molar-refractivity contribution in [2.45, 2.75) is 18.7 Å². The summed E-state index contributed by atoms with van der Waals surface area (Å²) in [5, 5.41) is 0. The Balaban J connectivity index is 2.33. The normalized spacial score (nSPS) is 11.2. The van der Waals surface area contributed by atoms with Crippen molar-refractivity contribution in [3.8, 4) is 0 Å². The van der Waals surface area contributed by atoms with Crippen LogP contribution in [0.5, 0.6) is 0 Å². The fourth-order valence-electron chi connectivity index (χ4n) is 1.71. The van der Waals surface area contributed by atoms with Gasteiger partial charge in [-0.15, -0.1) is 0 Å². The lowest BCUT2D eigenvalue weighted by Gasteiger charge is -2.09. The zero-order valence-electron chi connectivity index (χ0n) is 10.3. The summed E-state index contributed by atoms with van der Waals surface area (Å²) in [6.07, 6.45) is 0. The van der Waals surface area contributed by atoms with Gasteiger partial charge in [0, 0.05) is 5.69 Å². The van der Waals surface area contributed by atoms with E-state index in [1.54, 1.807) is 30.3 Å². The minimum Gasteiger partial charge on any atom is -0.280 e. The molecule has 0 amide bonds. The Hall–Kier alpha value is -1.81. The molecule has 0 aliphatic carbocycles.